The first-order valence-electron chi connectivity index (χ1n) is 4.15. The van der Waals surface area contributed by atoms with Crippen LogP contribution in [0.4, 0.5) is 4.39 Å². The first-order chi connectivity index (χ1) is 7.25. The highest BCUT2D eigenvalue weighted by Gasteiger charge is 2.03. The highest BCUT2D eigenvalue weighted by Crippen LogP contribution is 2.23. The summed E-state index contributed by atoms with van der Waals surface area (Å²) < 4.78 is 18.7. The van der Waals surface area contributed by atoms with E-state index in [1.165, 1.54) is 6.07 Å². The Hall–Kier alpha value is -1.49. The molecule has 76 valence electrons. The standard InChI is InChI=1S/C10H6BrFN2O/c11-8-3-2-7(6-9(8)12)15-10-13-4-1-5-14-10/h1-6H. The topological polar surface area (TPSA) is 35.0 Å². The Kier molecular flexibility index (Phi) is 2.91. The Morgan fingerprint density at radius 2 is 1.93 bits per heavy atom. The number of nitrogens with zero attached hydrogens (tertiary/aromatic N) is 2. The zero-order valence-corrected chi connectivity index (χ0v) is 9.11. The van der Waals surface area contributed by atoms with Crippen LogP contribution in [-0.2, 0) is 0 Å². The molecule has 1 aromatic carbocycles. The lowest BCUT2D eigenvalue weighted by atomic mass is 10.3. The van der Waals surface area contributed by atoms with Crippen molar-refractivity contribution in [3.8, 4) is 11.8 Å². The SMILES string of the molecule is Fc1cc(Oc2ncccn2)ccc1Br. The summed E-state index contributed by atoms with van der Waals surface area (Å²) in [7, 11) is 0. The lowest BCUT2D eigenvalue weighted by Crippen LogP contribution is -1.90. The van der Waals surface area contributed by atoms with E-state index in [2.05, 4.69) is 25.9 Å². The summed E-state index contributed by atoms with van der Waals surface area (Å²) in [4.78, 5) is 7.72. The van der Waals surface area contributed by atoms with Crippen molar-refractivity contribution in [1.82, 2.24) is 9.97 Å². The summed E-state index contributed by atoms with van der Waals surface area (Å²) in [5.74, 6) is -0.0228. The molecule has 5 heteroatoms. The van der Waals surface area contributed by atoms with Crippen LogP contribution in [0.15, 0.2) is 41.1 Å². The van der Waals surface area contributed by atoms with Crippen LogP contribution >= 0.6 is 15.9 Å². The van der Waals surface area contributed by atoms with Crippen LogP contribution < -0.4 is 4.74 Å². The van der Waals surface area contributed by atoms with E-state index in [-0.39, 0.29) is 11.8 Å². The number of hydrogen-bond donors (Lipinski definition) is 0. The van der Waals surface area contributed by atoms with Gasteiger partial charge in [0.25, 0.3) is 0 Å². The molecule has 1 aromatic heterocycles. The Morgan fingerprint density at radius 3 is 2.60 bits per heavy atom. The molecule has 0 aliphatic carbocycles. The molecule has 15 heavy (non-hydrogen) atoms. The molecule has 0 saturated carbocycles. The van der Waals surface area contributed by atoms with Crippen molar-refractivity contribution in [2.45, 2.75) is 0 Å². The summed E-state index contributed by atoms with van der Waals surface area (Å²) in [6.07, 6.45) is 3.11. The smallest absolute Gasteiger partial charge is 0.321 e. The van der Waals surface area contributed by atoms with Crippen LogP contribution in [-0.4, -0.2) is 9.97 Å². The summed E-state index contributed by atoms with van der Waals surface area (Å²) in [5.41, 5.74) is 0. The molecule has 0 saturated heterocycles. The van der Waals surface area contributed by atoms with Crippen molar-refractivity contribution in [3.05, 3.63) is 46.9 Å². The van der Waals surface area contributed by atoms with E-state index in [1.807, 2.05) is 0 Å². The van der Waals surface area contributed by atoms with Crippen molar-refractivity contribution < 1.29 is 9.13 Å². The second-order valence-corrected chi connectivity index (χ2v) is 3.56. The van der Waals surface area contributed by atoms with Crippen LogP contribution in [0.2, 0.25) is 0 Å². The van der Waals surface area contributed by atoms with Crippen molar-refractivity contribution in [2.75, 3.05) is 0 Å². The third-order valence-corrected chi connectivity index (χ3v) is 2.29. The van der Waals surface area contributed by atoms with Crippen LogP contribution in [0.25, 0.3) is 0 Å². The number of halogens is 2. The van der Waals surface area contributed by atoms with Gasteiger partial charge in [-0.05, 0) is 34.1 Å². The van der Waals surface area contributed by atoms with Crippen LogP contribution in [0.1, 0.15) is 0 Å². The molecule has 0 aliphatic rings. The summed E-state index contributed by atoms with van der Waals surface area (Å²) in [5, 5.41) is 0. The second-order valence-electron chi connectivity index (χ2n) is 2.71. The van der Waals surface area contributed by atoms with E-state index in [0.717, 1.165) is 0 Å². The molecule has 0 bridgehead atoms. The molecule has 0 amide bonds. The highest BCUT2D eigenvalue weighted by atomic mass is 79.9. The molecular weight excluding hydrogens is 263 g/mol. The molecule has 1 heterocycles. The first-order valence-corrected chi connectivity index (χ1v) is 4.95. The van der Waals surface area contributed by atoms with E-state index in [4.69, 9.17) is 4.74 Å². The fourth-order valence-electron chi connectivity index (χ4n) is 0.984. The van der Waals surface area contributed by atoms with Gasteiger partial charge in [-0.25, -0.2) is 14.4 Å². The zero-order valence-electron chi connectivity index (χ0n) is 7.52. The lowest BCUT2D eigenvalue weighted by molar-refractivity contribution is 0.437. The van der Waals surface area contributed by atoms with E-state index in [1.54, 1.807) is 30.6 Å². The minimum Gasteiger partial charge on any atom is -0.424 e. The van der Waals surface area contributed by atoms with Crippen LogP contribution in [0, 0.1) is 5.82 Å². The molecule has 0 fully saturated rings. The molecule has 0 spiro atoms. The summed E-state index contributed by atoms with van der Waals surface area (Å²) in [6.45, 7) is 0. The van der Waals surface area contributed by atoms with Gasteiger partial charge in [-0.2, -0.15) is 0 Å². The van der Waals surface area contributed by atoms with Crippen molar-refractivity contribution in [1.29, 1.82) is 0 Å². The molecule has 0 radical (unpaired) electrons. The number of benzene rings is 1. The molecule has 3 nitrogen and oxygen atoms in total. The van der Waals surface area contributed by atoms with Gasteiger partial charge in [0.1, 0.15) is 11.6 Å². The van der Waals surface area contributed by atoms with Crippen molar-refractivity contribution in [3.63, 3.8) is 0 Å². The monoisotopic (exact) mass is 268 g/mol. The average molecular weight is 269 g/mol. The van der Waals surface area contributed by atoms with Gasteiger partial charge in [0.15, 0.2) is 0 Å². The molecule has 2 rings (SSSR count). The molecular formula is C10H6BrFN2O. The third kappa shape index (κ3) is 2.50. The predicted octanol–water partition coefficient (Wildman–Crippen LogP) is 3.17. The molecule has 0 aliphatic heterocycles. The minimum atomic E-state index is -0.386. The van der Waals surface area contributed by atoms with Gasteiger partial charge < -0.3 is 4.74 Å². The Morgan fingerprint density at radius 1 is 1.20 bits per heavy atom. The van der Waals surface area contributed by atoms with Gasteiger partial charge in [-0.1, -0.05) is 0 Å². The van der Waals surface area contributed by atoms with Gasteiger partial charge in [0.2, 0.25) is 0 Å². The fraction of sp³-hybridized carbons (Fsp3) is 0. The third-order valence-electron chi connectivity index (χ3n) is 1.64. The quantitative estimate of drug-likeness (QED) is 0.839. The molecule has 0 unspecified atom stereocenters. The summed E-state index contributed by atoms with van der Waals surface area (Å²) >= 11 is 3.05. The molecule has 0 atom stereocenters. The Bertz CT molecular complexity index is 464. The number of rotatable bonds is 2. The van der Waals surface area contributed by atoms with Crippen LogP contribution in [0.3, 0.4) is 0 Å². The first kappa shape index (κ1) is 10.0. The van der Waals surface area contributed by atoms with E-state index in [0.29, 0.717) is 10.2 Å². The maximum atomic E-state index is 13.1. The summed E-state index contributed by atoms with van der Waals surface area (Å²) in [6, 6.07) is 6.33. The van der Waals surface area contributed by atoms with E-state index >= 15 is 0 Å². The van der Waals surface area contributed by atoms with Gasteiger partial charge in [-0.3, -0.25) is 0 Å². The predicted molar refractivity (Wildman–Crippen MR) is 56.2 cm³/mol. The zero-order chi connectivity index (χ0) is 10.7. The molecule has 2 aromatic rings. The minimum absolute atomic E-state index is 0.194. The van der Waals surface area contributed by atoms with E-state index < -0.39 is 0 Å². The van der Waals surface area contributed by atoms with E-state index in [9.17, 15) is 4.39 Å². The second kappa shape index (κ2) is 4.35. The van der Waals surface area contributed by atoms with Gasteiger partial charge in [0, 0.05) is 18.5 Å². The average Bonchev–Trinajstić information content (AvgIpc) is 2.25. The lowest BCUT2D eigenvalue weighted by Gasteiger charge is -2.03. The Labute approximate surface area is 94.1 Å². The number of aromatic nitrogens is 2. The fourth-order valence-corrected chi connectivity index (χ4v) is 1.23. The molecule has 0 N–H and O–H groups in total. The van der Waals surface area contributed by atoms with Crippen LogP contribution in [0.5, 0.6) is 11.8 Å². The number of hydrogen-bond acceptors (Lipinski definition) is 3. The Balaban J connectivity index is 2.22. The highest BCUT2D eigenvalue weighted by molar-refractivity contribution is 9.10. The van der Waals surface area contributed by atoms with Crippen molar-refractivity contribution >= 4 is 15.9 Å². The van der Waals surface area contributed by atoms with Gasteiger partial charge in [0.05, 0.1) is 4.47 Å². The maximum Gasteiger partial charge on any atom is 0.321 e. The largest absolute Gasteiger partial charge is 0.424 e. The number of ether oxygens (including phenoxy) is 1. The maximum absolute atomic E-state index is 13.1. The van der Waals surface area contributed by atoms with Gasteiger partial charge in [-0.15, -0.1) is 0 Å². The normalized spacial score (nSPS) is 10.0. The van der Waals surface area contributed by atoms with Gasteiger partial charge >= 0.3 is 6.01 Å². The van der Waals surface area contributed by atoms with Crippen molar-refractivity contribution in [2.24, 2.45) is 0 Å².